The normalized spacial score (nSPS) is 14.4. The maximum Gasteiger partial charge on any atom is 0.456 e. The lowest BCUT2D eigenvalue weighted by atomic mass is 9.85. The van der Waals surface area contributed by atoms with E-state index in [0.29, 0.717) is 6.42 Å². The van der Waals surface area contributed by atoms with Gasteiger partial charge in [-0.05, 0) is 11.8 Å². The van der Waals surface area contributed by atoms with E-state index in [1.807, 2.05) is 20.8 Å². The lowest BCUT2D eigenvalue weighted by molar-refractivity contribution is -0.294. The summed E-state index contributed by atoms with van der Waals surface area (Å²) in [5, 5.41) is 0. The fourth-order valence-electron chi connectivity index (χ4n) is 1.57. The van der Waals surface area contributed by atoms with Gasteiger partial charge in [-0.25, -0.2) is 4.79 Å². The van der Waals surface area contributed by atoms with Crippen molar-refractivity contribution in [2.45, 2.75) is 46.2 Å². The zero-order valence-electron chi connectivity index (χ0n) is 12.7. The second kappa shape index (κ2) is 7.23. The molecular formula is C13H19F5O4. The zero-order chi connectivity index (χ0) is 17.8. The van der Waals surface area contributed by atoms with E-state index in [-0.39, 0.29) is 5.41 Å². The van der Waals surface area contributed by atoms with Crippen molar-refractivity contribution in [2.24, 2.45) is 11.3 Å². The molecule has 0 bridgehead atoms. The summed E-state index contributed by atoms with van der Waals surface area (Å²) in [5.74, 6) is -7.93. The highest BCUT2D eigenvalue weighted by atomic mass is 19.4. The molecule has 0 saturated carbocycles. The van der Waals surface area contributed by atoms with Gasteiger partial charge < -0.3 is 9.47 Å². The standard InChI is InChI=1S/C13H19F5O4/c1-8(5-11(2,3)4)10(20)21-6-9(19)22-7-12(14,15)13(16,17)18/h8H,5-7H2,1-4H3. The van der Waals surface area contributed by atoms with Crippen LogP contribution in [0.1, 0.15) is 34.1 Å². The third-order valence-corrected chi connectivity index (χ3v) is 2.48. The van der Waals surface area contributed by atoms with Gasteiger partial charge in [0, 0.05) is 0 Å². The Kier molecular flexibility index (Phi) is 6.77. The third-order valence-electron chi connectivity index (χ3n) is 2.48. The van der Waals surface area contributed by atoms with Crippen LogP contribution in [0.3, 0.4) is 0 Å². The monoisotopic (exact) mass is 334 g/mol. The van der Waals surface area contributed by atoms with Crippen LogP contribution in [0.15, 0.2) is 0 Å². The van der Waals surface area contributed by atoms with Crippen molar-refractivity contribution in [3.63, 3.8) is 0 Å². The summed E-state index contributed by atoms with van der Waals surface area (Å²) in [5.41, 5.74) is -0.173. The Bertz CT molecular complexity index is 398. The molecule has 0 saturated heterocycles. The number of rotatable bonds is 6. The third kappa shape index (κ3) is 7.56. The molecule has 0 heterocycles. The highest BCUT2D eigenvalue weighted by Crippen LogP contribution is 2.35. The molecule has 130 valence electrons. The van der Waals surface area contributed by atoms with Crippen LogP contribution in [0.5, 0.6) is 0 Å². The molecule has 0 aliphatic rings. The summed E-state index contributed by atoms with van der Waals surface area (Å²) in [6.45, 7) is 4.03. The van der Waals surface area contributed by atoms with E-state index < -0.39 is 43.2 Å². The van der Waals surface area contributed by atoms with Crippen molar-refractivity contribution in [2.75, 3.05) is 13.2 Å². The van der Waals surface area contributed by atoms with Crippen LogP contribution in [0.2, 0.25) is 0 Å². The minimum absolute atomic E-state index is 0.173. The van der Waals surface area contributed by atoms with Crippen molar-refractivity contribution in [1.29, 1.82) is 0 Å². The molecule has 0 aromatic heterocycles. The Hall–Kier alpha value is -1.41. The fourth-order valence-corrected chi connectivity index (χ4v) is 1.57. The van der Waals surface area contributed by atoms with E-state index in [4.69, 9.17) is 0 Å². The average Bonchev–Trinajstić information content (AvgIpc) is 2.29. The highest BCUT2D eigenvalue weighted by molar-refractivity contribution is 5.77. The number of hydrogen-bond donors (Lipinski definition) is 0. The second-order valence-corrected chi connectivity index (χ2v) is 6.14. The number of carbonyl (C=O) groups excluding carboxylic acids is 2. The van der Waals surface area contributed by atoms with Crippen LogP contribution in [0.4, 0.5) is 22.0 Å². The van der Waals surface area contributed by atoms with Crippen molar-refractivity contribution in [3.8, 4) is 0 Å². The molecular weight excluding hydrogens is 315 g/mol. The first-order valence-electron chi connectivity index (χ1n) is 6.42. The van der Waals surface area contributed by atoms with Crippen LogP contribution in [0, 0.1) is 11.3 Å². The van der Waals surface area contributed by atoms with E-state index >= 15 is 0 Å². The molecule has 1 unspecified atom stereocenters. The predicted molar refractivity (Wildman–Crippen MR) is 66.2 cm³/mol. The maximum absolute atomic E-state index is 12.5. The largest absolute Gasteiger partial charge is 0.456 e. The van der Waals surface area contributed by atoms with Crippen molar-refractivity contribution >= 4 is 11.9 Å². The summed E-state index contributed by atoms with van der Waals surface area (Å²) in [4.78, 5) is 22.6. The van der Waals surface area contributed by atoms with Gasteiger partial charge in [0.05, 0.1) is 5.92 Å². The number of ether oxygens (including phenoxy) is 2. The minimum atomic E-state index is -5.81. The molecule has 1 atom stereocenters. The van der Waals surface area contributed by atoms with Gasteiger partial charge in [-0.3, -0.25) is 4.79 Å². The number of alkyl halides is 5. The first-order valence-corrected chi connectivity index (χ1v) is 6.42. The van der Waals surface area contributed by atoms with Crippen LogP contribution in [-0.2, 0) is 19.1 Å². The highest BCUT2D eigenvalue weighted by Gasteiger charge is 2.58. The Labute approximate surface area is 124 Å². The summed E-state index contributed by atoms with van der Waals surface area (Å²) in [7, 11) is 0. The number of carbonyl (C=O) groups is 2. The summed E-state index contributed by atoms with van der Waals surface area (Å²) in [6, 6.07) is 0. The first-order chi connectivity index (χ1) is 9.66. The quantitative estimate of drug-likeness (QED) is 0.552. The minimum Gasteiger partial charge on any atom is -0.456 e. The molecule has 0 amide bonds. The molecule has 0 aliphatic heterocycles. The summed E-state index contributed by atoms with van der Waals surface area (Å²) >= 11 is 0. The second-order valence-electron chi connectivity index (χ2n) is 6.14. The molecule has 0 fully saturated rings. The Morgan fingerprint density at radius 3 is 1.91 bits per heavy atom. The van der Waals surface area contributed by atoms with Crippen LogP contribution in [0.25, 0.3) is 0 Å². The number of esters is 2. The first kappa shape index (κ1) is 20.6. The number of halogens is 5. The summed E-state index contributed by atoms with van der Waals surface area (Å²) < 4.78 is 68.8. The predicted octanol–water partition coefficient (Wildman–Crippen LogP) is 3.34. The van der Waals surface area contributed by atoms with Gasteiger partial charge >= 0.3 is 24.0 Å². The van der Waals surface area contributed by atoms with Gasteiger partial charge in [0.2, 0.25) is 0 Å². The van der Waals surface area contributed by atoms with E-state index in [9.17, 15) is 31.5 Å². The molecule has 0 N–H and O–H groups in total. The smallest absolute Gasteiger partial charge is 0.456 e. The van der Waals surface area contributed by atoms with Gasteiger partial charge in [0.1, 0.15) is 0 Å². The van der Waals surface area contributed by atoms with Crippen LogP contribution >= 0.6 is 0 Å². The molecule has 9 heteroatoms. The molecule has 0 spiro atoms. The van der Waals surface area contributed by atoms with Gasteiger partial charge in [-0.1, -0.05) is 27.7 Å². The van der Waals surface area contributed by atoms with Gasteiger partial charge in [-0.15, -0.1) is 0 Å². The topological polar surface area (TPSA) is 52.6 Å². The zero-order valence-corrected chi connectivity index (χ0v) is 12.7. The fraction of sp³-hybridized carbons (Fsp3) is 0.846. The van der Waals surface area contributed by atoms with Crippen molar-refractivity contribution in [3.05, 3.63) is 0 Å². The van der Waals surface area contributed by atoms with Crippen LogP contribution < -0.4 is 0 Å². The maximum atomic E-state index is 12.5. The van der Waals surface area contributed by atoms with Crippen LogP contribution in [-0.4, -0.2) is 37.3 Å². The van der Waals surface area contributed by atoms with E-state index in [0.717, 1.165) is 0 Å². The molecule has 4 nitrogen and oxygen atoms in total. The number of hydrogen-bond acceptors (Lipinski definition) is 4. The molecule has 0 radical (unpaired) electrons. The Morgan fingerprint density at radius 2 is 1.50 bits per heavy atom. The lowest BCUT2D eigenvalue weighted by Crippen LogP contribution is -2.41. The van der Waals surface area contributed by atoms with Gasteiger partial charge in [-0.2, -0.15) is 22.0 Å². The molecule has 0 rings (SSSR count). The lowest BCUT2D eigenvalue weighted by Gasteiger charge is -2.22. The SMILES string of the molecule is CC(CC(C)(C)C)C(=O)OCC(=O)OCC(F)(F)C(F)(F)F. The van der Waals surface area contributed by atoms with E-state index in [1.165, 1.54) is 0 Å². The summed E-state index contributed by atoms with van der Waals surface area (Å²) in [6.07, 6.45) is -5.36. The Balaban J connectivity index is 4.23. The van der Waals surface area contributed by atoms with Crippen molar-refractivity contribution < 1.29 is 41.0 Å². The van der Waals surface area contributed by atoms with Gasteiger partial charge in [0.25, 0.3) is 0 Å². The van der Waals surface area contributed by atoms with E-state index in [1.54, 1.807) is 6.92 Å². The Morgan fingerprint density at radius 1 is 1.00 bits per heavy atom. The van der Waals surface area contributed by atoms with E-state index in [2.05, 4.69) is 9.47 Å². The average molecular weight is 334 g/mol. The van der Waals surface area contributed by atoms with Crippen molar-refractivity contribution in [1.82, 2.24) is 0 Å². The molecule has 0 aromatic rings. The molecule has 0 aromatic carbocycles. The molecule has 22 heavy (non-hydrogen) atoms. The van der Waals surface area contributed by atoms with Gasteiger partial charge in [0.15, 0.2) is 13.2 Å². The molecule has 0 aliphatic carbocycles.